The second-order valence-corrected chi connectivity index (χ2v) is 5.19. The van der Waals surface area contributed by atoms with Crippen molar-refractivity contribution in [1.82, 2.24) is 0 Å². The number of nitrogens with one attached hydrogen (secondary N) is 1. The number of rotatable bonds is 5. The van der Waals surface area contributed by atoms with E-state index in [9.17, 15) is 8.78 Å². The molecule has 2 rings (SSSR count). The van der Waals surface area contributed by atoms with Gasteiger partial charge in [-0.1, -0.05) is 12.1 Å². The topological polar surface area (TPSA) is 21.3 Å². The van der Waals surface area contributed by atoms with Crippen molar-refractivity contribution in [2.75, 3.05) is 5.32 Å². The highest BCUT2D eigenvalue weighted by Crippen LogP contribution is 2.29. The van der Waals surface area contributed by atoms with Crippen LogP contribution in [0, 0.1) is 11.6 Å². The molecule has 0 saturated carbocycles. The molecule has 1 N–H and O–H groups in total. The quantitative estimate of drug-likeness (QED) is 0.843. The van der Waals surface area contributed by atoms with Crippen molar-refractivity contribution in [2.24, 2.45) is 0 Å². The van der Waals surface area contributed by atoms with E-state index in [4.69, 9.17) is 4.74 Å². The van der Waals surface area contributed by atoms with Gasteiger partial charge >= 0.3 is 0 Å². The van der Waals surface area contributed by atoms with Crippen LogP contribution in [-0.2, 0) is 0 Å². The Morgan fingerprint density at radius 3 is 2.43 bits per heavy atom. The molecular weight excluding hydrogens is 272 g/mol. The van der Waals surface area contributed by atoms with Crippen molar-refractivity contribution in [3.63, 3.8) is 0 Å². The van der Waals surface area contributed by atoms with Gasteiger partial charge in [-0.05, 0) is 51.1 Å². The first-order chi connectivity index (χ1) is 9.97. The monoisotopic (exact) mass is 291 g/mol. The van der Waals surface area contributed by atoms with Crippen LogP contribution in [0.25, 0.3) is 0 Å². The molecule has 0 aliphatic carbocycles. The first-order valence-electron chi connectivity index (χ1n) is 6.94. The van der Waals surface area contributed by atoms with E-state index in [-0.39, 0.29) is 17.7 Å². The third-order valence-electron chi connectivity index (χ3n) is 3.05. The van der Waals surface area contributed by atoms with E-state index in [2.05, 4.69) is 5.32 Å². The highest BCUT2D eigenvalue weighted by Gasteiger charge is 2.14. The average molecular weight is 291 g/mol. The van der Waals surface area contributed by atoms with Crippen molar-refractivity contribution in [2.45, 2.75) is 32.9 Å². The molecule has 112 valence electrons. The third-order valence-corrected chi connectivity index (χ3v) is 3.05. The molecule has 0 aromatic heterocycles. The summed E-state index contributed by atoms with van der Waals surface area (Å²) in [5.74, 6) is -0.193. The Bertz CT molecular complexity index is 613. The first kappa shape index (κ1) is 15.3. The molecule has 21 heavy (non-hydrogen) atoms. The maximum Gasteiger partial charge on any atom is 0.142 e. The SMILES string of the molecule is CC(C)Oc1ccccc1NC(C)c1cc(F)ccc1F. The highest BCUT2D eigenvalue weighted by atomic mass is 19.1. The fourth-order valence-corrected chi connectivity index (χ4v) is 2.10. The van der Waals surface area contributed by atoms with Crippen LogP contribution >= 0.6 is 0 Å². The maximum absolute atomic E-state index is 13.8. The van der Waals surface area contributed by atoms with E-state index >= 15 is 0 Å². The summed E-state index contributed by atoms with van der Waals surface area (Å²) in [6.07, 6.45) is 0.0363. The fourth-order valence-electron chi connectivity index (χ4n) is 2.10. The zero-order valence-corrected chi connectivity index (χ0v) is 12.4. The van der Waals surface area contributed by atoms with E-state index in [1.807, 2.05) is 38.1 Å². The molecule has 0 fully saturated rings. The van der Waals surface area contributed by atoms with Gasteiger partial charge in [0.05, 0.1) is 17.8 Å². The second-order valence-electron chi connectivity index (χ2n) is 5.19. The first-order valence-corrected chi connectivity index (χ1v) is 6.94. The largest absolute Gasteiger partial charge is 0.489 e. The maximum atomic E-state index is 13.8. The van der Waals surface area contributed by atoms with E-state index in [1.54, 1.807) is 6.92 Å². The molecule has 0 amide bonds. The number of anilines is 1. The molecule has 4 heteroatoms. The van der Waals surface area contributed by atoms with Crippen molar-refractivity contribution < 1.29 is 13.5 Å². The van der Waals surface area contributed by atoms with Crippen LogP contribution < -0.4 is 10.1 Å². The number of halogens is 2. The lowest BCUT2D eigenvalue weighted by molar-refractivity contribution is 0.243. The Labute approximate surface area is 123 Å². The molecule has 0 saturated heterocycles. The second kappa shape index (κ2) is 6.57. The summed E-state index contributed by atoms with van der Waals surface area (Å²) in [4.78, 5) is 0. The Hall–Kier alpha value is -2.10. The normalized spacial score (nSPS) is 12.3. The summed E-state index contributed by atoms with van der Waals surface area (Å²) in [7, 11) is 0. The van der Waals surface area contributed by atoms with Crippen molar-refractivity contribution in [1.29, 1.82) is 0 Å². The van der Waals surface area contributed by atoms with Crippen LogP contribution in [0.3, 0.4) is 0 Å². The molecule has 1 atom stereocenters. The summed E-state index contributed by atoms with van der Waals surface area (Å²) < 4.78 is 32.8. The van der Waals surface area contributed by atoms with Gasteiger partial charge in [0.15, 0.2) is 0 Å². The van der Waals surface area contributed by atoms with Crippen molar-refractivity contribution in [3.05, 3.63) is 59.7 Å². The minimum Gasteiger partial charge on any atom is -0.489 e. The molecule has 0 bridgehead atoms. The highest BCUT2D eigenvalue weighted by molar-refractivity contribution is 5.57. The van der Waals surface area contributed by atoms with Gasteiger partial charge in [0.25, 0.3) is 0 Å². The smallest absolute Gasteiger partial charge is 0.142 e. The zero-order chi connectivity index (χ0) is 15.4. The van der Waals surface area contributed by atoms with Gasteiger partial charge in [0.2, 0.25) is 0 Å². The van der Waals surface area contributed by atoms with Crippen LogP contribution in [-0.4, -0.2) is 6.10 Å². The van der Waals surface area contributed by atoms with E-state index in [1.165, 1.54) is 6.07 Å². The number of para-hydroxylation sites is 2. The van der Waals surface area contributed by atoms with Crippen molar-refractivity contribution >= 4 is 5.69 Å². The van der Waals surface area contributed by atoms with Gasteiger partial charge in [-0.25, -0.2) is 8.78 Å². The lowest BCUT2D eigenvalue weighted by atomic mass is 10.1. The number of hydrogen-bond donors (Lipinski definition) is 1. The number of hydrogen-bond acceptors (Lipinski definition) is 2. The zero-order valence-electron chi connectivity index (χ0n) is 12.4. The standard InChI is InChI=1S/C17H19F2NO/c1-11(2)21-17-7-5-4-6-16(17)20-12(3)14-10-13(18)8-9-15(14)19/h4-12,20H,1-3H3. The van der Waals surface area contributed by atoms with E-state index in [0.29, 0.717) is 5.75 Å². The number of benzene rings is 2. The summed E-state index contributed by atoms with van der Waals surface area (Å²) in [5.41, 5.74) is 1.04. The van der Waals surface area contributed by atoms with Crippen molar-refractivity contribution in [3.8, 4) is 5.75 Å². The Balaban J connectivity index is 2.23. The van der Waals surface area contributed by atoms with Gasteiger partial charge in [-0.3, -0.25) is 0 Å². The molecule has 0 aliphatic rings. The molecule has 0 aliphatic heterocycles. The van der Waals surface area contributed by atoms with Crippen LogP contribution in [0.4, 0.5) is 14.5 Å². The third kappa shape index (κ3) is 3.94. The van der Waals surface area contributed by atoms with E-state index < -0.39 is 11.6 Å². The predicted octanol–water partition coefficient (Wildman–Crippen LogP) is 4.93. The molecule has 2 nitrogen and oxygen atoms in total. The summed E-state index contributed by atoms with van der Waals surface area (Å²) in [6.45, 7) is 5.66. The fraction of sp³-hybridized carbons (Fsp3) is 0.294. The van der Waals surface area contributed by atoms with Gasteiger partial charge in [0, 0.05) is 5.56 Å². The van der Waals surface area contributed by atoms with Crippen LogP contribution in [0.2, 0.25) is 0 Å². The molecule has 0 spiro atoms. The lowest BCUT2D eigenvalue weighted by Crippen LogP contribution is -2.12. The van der Waals surface area contributed by atoms with Crippen LogP contribution in [0.1, 0.15) is 32.4 Å². The molecule has 2 aromatic carbocycles. The Morgan fingerprint density at radius 2 is 1.71 bits per heavy atom. The van der Waals surface area contributed by atoms with Gasteiger partial charge in [-0.2, -0.15) is 0 Å². The Morgan fingerprint density at radius 1 is 1.00 bits per heavy atom. The predicted molar refractivity (Wildman–Crippen MR) is 80.6 cm³/mol. The minimum atomic E-state index is -0.452. The summed E-state index contributed by atoms with van der Waals surface area (Å²) in [5, 5.41) is 3.17. The van der Waals surface area contributed by atoms with Gasteiger partial charge in [0.1, 0.15) is 17.4 Å². The lowest BCUT2D eigenvalue weighted by Gasteiger charge is -2.20. The molecule has 1 unspecified atom stereocenters. The minimum absolute atomic E-state index is 0.0363. The summed E-state index contributed by atoms with van der Waals surface area (Å²) in [6, 6.07) is 10.5. The molecule has 0 heterocycles. The van der Waals surface area contributed by atoms with Crippen LogP contribution in [0.5, 0.6) is 5.75 Å². The molecule has 2 aromatic rings. The molecular formula is C17H19F2NO. The summed E-state index contributed by atoms with van der Waals surface area (Å²) >= 11 is 0. The van der Waals surface area contributed by atoms with Gasteiger partial charge in [-0.15, -0.1) is 0 Å². The Kier molecular flexibility index (Phi) is 4.78. The number of ether oxygens (including phenoxy) is 1. The molecule has 0 radical (unpaired) electrons. The van der Waals surface area contributed by atoms with E-state index in [0.717, 1.165) is 17.8 Å². The van der Waals surface area contributed by atoms with Crippen LogP contribution in [0.15, 0.2) is 42.5 Å². The van der Waals surface area contributed by atoms with Gasteiger partial charge < -0.3 is 10.1 Å². The average Bonchev–Trinajstić information content (AvgIpc) is 2.43.